The number of alkyl halides is 1. The number of hydrogen-bond acceptors (Lipinski definition) is 3. The Morgan fingerprint density at radius 3 is 2.70 bits per heavy atom. The first-order chi connectivity index (χ1) is 9.70. The fourth-order valence-corrected chi connectivity index (χ4v) is 1.91. The molecule has 1 aromatic carbocycles. The van der Waals surface area contributed by atoms with Gasteiger partial charge >= 0.3 is 0 Å². The molecule has 0 aliphatic carbocycles. The third-order valence-electron chi connectivity index (χ3n) is 2.78. The minimum absolute atomic E-state index is 0.138. The summed E-state index contributed by atoms with van der Waals surface area (Å²) in [7, 11) is 0. The van der Waals surface area contributed by atoms with Gasteiger partial charge in [-0.1, -0.05) is 15.9 Å². The van der Waals surface area contributed by atoms with Crippen molar-refractivity contribution in [3.63, 3.8) is 0 Å². The minimum Gasteiger partial charge on any atom is -0.493 e. The predicted octanol–water partition coefficient (Wildman–Crippen LogP) is 3.54. The lowest BCUT2D eigenvalue weighted by atomic mass is 10.2. The Morgan fingerprint density at radius 1 is 1.35 bits per heavy atom. The van der Waals surface area contributed by atoms with E-state index in [9.17, 15) is 4.79 Å². The quantitative estimate of drug-likeness (QED) is 0.820. The summed E-state index contributed by atoms with van der Waals surface area (Å²) < 4.78 is 10.7. The predicted molar refractivity (Wildman–Crippen MR) is 80.3 cm³/mol. The molecular formula is C15H16BrNO3. The van der Waals surface area contributed by atoms with E-state index in [1.54, 1.807) is 36.6 Å². The van der Waals surface area contributed by atoms with Gasteiger partial charge in [-0.15, -0.1) is 0 Å². The van der Waals surface area contributed by atoms with Gasteiger partial charge in [-0.25, -0.2) is 0 Å². The van der Waals surface area contributed by atoms with Crippen molar-refractivity contribution in [2.24, 2.45) is 0 Å². The number of hydrogen-bond donors (Lipinski definition) is 1. The SMILES string of the molecule is CC(NC(=O)c1ccc(OCCBr)cc1)c1ccco1. The molecule has 0 radical (unpaired) electrons. The van der Waals surface area contributed by atoms with Crippen molar-refractivity contribution in [1.29, 1.82) is 0 Å². The molecule has 0 saturated carbocycles. The third kappa shape index (κ3) is 3.87. The smallest absolute Gasteiger partial charge is 0.251 e. The van der Waals surface area contributed by atoms with Crippen LogP contribution in [0.3, 0.4) is 0 Å². The van der Waals surface area contributed by atoms with E-state index in [0.29, 0.717) is 12.2 Å². The van der Waals surface area contributed by atoms with Crippen molar-refractivity contribution < 1.29 is 13.9 Å². The fourth-order valence-electron chi connectivity index (χ4n) is 1.75. The Labute approximate surface area is 126 Å². The first-order valence-electron chi connectivity index (χ1n) is 6.34. The third-order valence-corrected chi connectivity index (χ3v) is 3.10. The number of furan rings is 1. The average Bonchev–Trinajstić information content (AvgIpc) is 3.00. The number of carbonyl (C=O) groups is 1. The molecule has 0 bridgehead atoms. The first kappa shape index (κ1) is 14.7. The highest BCUT2D eigenvalue weighted by Crippen LogP contribution is 2.15. The lowest BCUT2D eigenvalue weighted by molar-refractivity contribution is 0.0935. The number of ether oxygens (including phenoxy) is 1. The van der Waals surface area contributed by atoms with E-state index >= 15 is 0 Å². The van der Waals surface area contributed by atoms with Crippen LogP contribution in [0.25, 0.3) is 0 Å². The molecule has 4 nitrogen and oxygen atoms in total. The molecule has 2 rings (SSSR count). The standard InChI is InChI=1S/C15H16BrNO3/c1-11(14-3-2-9-20-14)17-15(18)12-4-6-13(7-5-12)19-10-8-16/h2-7,9,11H,8,10H2,1H3,(H,17,18). The Kier molecular flexibility index (Phi) is 5.24. The monoisotopic (exact) mass is 337 g/mol. The molecule has 20 heavy (non-hydrogen) atoms. The zero-order valence-electron chi connectivity index (χ0n) is 11.1. The van der Waals surface area contributed by atoms with Crippen molar-refractivity contribution >= 4 is 21.8 Å². The van der Waals surface area contributed by atoms with Crippen LogP contribution in [-0.4, -0.2) is 17.8 Å². The van der Waals surface area contributed by atoms with Gasteiger partial charge in [0.25, 0.3) is 5.91 Å². The minimum atomic E-state index is -0.165. The van der Waals surface area contributed by atoms with Crippen LogP contribution in [0.15, 0.2) is 47.1 Å². The lowest BCUT2D eigenvalue weighted by Gasteiger charge is -2.11. The van der Waals surface area contributed by atoms with Gasteiger partial charge in [0.05, 0.1) is 18.9 Å². The highest BCUT2D eigenvalue weighted by molar-refractivity contribution is 9.09. The summed E-state index contributed by atoms with van der Waals surface area (Å²) in [5.74, 6) is 1.34. The summed E-state index contributed by atoms with van der Waals surface area (Å²) in [6.45, 7) is 2.48. The topological polar surface area (TPSA) is 51.5 Å². The van der Waals surface area contributed by atoms with Crippen LogP contribution >= 0.6 is 15.9 Å². The summed E-state index contributed by atoms with van der Waals surface area (Å²) in [5.41, 5.74) is 0.592. The van der Waals surface area contributed by atoms with E-state index in [0.717, 1.165) is 16.8 Å². The second-order valence-electron chi connectivity index (χ2n) is 4.27. The molecule has 1 amide bonds. The Bertz CT molecular complexity index is 537. The lowest BCUT2D eigenvalue weighted by Crippen LogP contribution is -2.26. The Balaban J connectivity index is 1.95. The van der Waals surface area contributed by atoms with Crippen molar-refractivity contribution in [1.82, 2.24) is 5.32 Å². The summed E-state index contributed by atoms with van der Waals surface area (Å²) in [6, 6.07) is 10.5. The van der Waals surface area contributed by atoms with Crippen molar-refractivity contribution in [2.75, 3.05) is 11.9 Å². The van der Waals surface area contributed by atoms with Crippen LogP contribution < -0.4 is 10.1 Å². The molecule has 1 aromatic heterocycles. The molecule has 0 spiro atoms. The molecule has 106 valence electrons. The van der Waals surface area contributed by atoms with Crippen molar-refractivity contribution in [3.8, 4) is 5.75 Å². The molecule has 0 saturated heterocycles. The Hall–Kier alpha value is -1.75. The van der Waals surface area contributed by atoms with Gasteiger partial charge in [0, 0.05) is 10.9 Å². The average molecular weight is 338 g/mol. The van der Waals surface area contributed by atoms with Gasteiger partial charge in [-0.05, 0) is 43.3 Å². The second kappa shape index (κ2) is 7.14. The maximum absolute atomic E-state index is 12.1. The largest absolute Gasteiger partial charge is 0.493 e. The summed E-state index contributed by atoms with van der Waals surface area (Å²) >= 11 is 3.29. The maximum Gasteiger partial charge on any atom is 0.251 e. The highest BCUT2D eigenvalue weighted by atomic mass is 79.9. The van der Waals surface area contributed by atoms with Crippen molar-refractivity contribution in [3.05, 3.63) is 54.0 Å². The van der Waals surface area contributed by atoms with E-state index in [1.165, 1.54) is 0 Å². The van der Waals surface area contributed by atoms with Gasteiger partial charge in [0.15, 0.2) is 0 Å². The van der Waals surface area contributed by atoms with E-state index in [2.05, 4.69) is 21.2 Å². The molecule has 1 heterocycles. The number of rotatable bonds is 6. The number of nitrogens with one attached hydrogen (secondary N) is 1. The molecular weight excluding hydrogens is 322 g/mol. The van der Waals surface area contributed by atoms with Gasteiger partial charge in [0.1, 0.15) is 11.5 Å². The van der Waals surface area contributed by atoms with Gasteiger partial charge < -0.3 is 14.5 Å². The molecule has 0 aliphatic rings. The van der Waals surface area contributed by atoms with Crippen LogP contribution in [-0.2, 0) is 0 Å². The number of carbonyl (C=O) groups excluding carboxylic acids is 1. The van der Waals surface area contributed by atoms with Crippen LogP contribution in [0, 0.1) is 0 Å². The molecule has 0 aliphatic heterocycles. The molecule has 1 atom stereocenters. The first-order valence-corrected chi connectivity index (χ1v) is 7.46. The fraction of sp³-hybridized carbons (Fsp3) is 0.267. The van der Waals surface area contributed by atoms with E-state index < -0.39 is 0 Å². The van der Waals surface area contributed by atoms with Crippen LogP contribution in [0.4, 0.5) is 0 Å². The van der Waals surface area contributed by atoms with Crippen molar-refractivity contribution in [2.45, 2.75) is 13.0 Å². The molecule has 1 unspecified atom stereocenters. The van der Waals surface area contributed by atoms with Crippen LogP contribution in [0.2, 0.25) is 0 Å². The zero-order chi connectivity index (χ0) is 14.4. The zero-order valence-corrected chi connectivity index (χ0v) is 12.7. The van der Waals surface area contributed by atoms with Crippen LogP contribution in [0.1, 0.15) is 29.1 Å². The maximum atomic E-state index is 12.1. The second-order valence-corrected chi connectivity index (χ2v) is 5.07. The number of benzene rings is 1. The van der Waals surface area contributed by atoms with E-state index in [4.69, 9.17) is 9.15 Å². The summed E-state index contributed by atoms with van der Waals surface area (Å²) in [6.07, 6.45) is 1.59. The summed E-state index contributed by atoms with van der Waals surface area (Å²) in [4.78, 5) is 12.1. The highest BCUT2D eigenvalue weighted by Gasteiger charge is 2.13. The normalized spacial score (nSPS) is 11.9. The van der Waals surface area contributed by atoms with Crippen LogP contribution in [0.5, 0.6) is 5.75 Å². The molecule has 2 aromatic rings. The van der Waals surface area contributed by atoms with Gasteiger partial charge in [0.2, 0.25) is 0 Å². The van der Waals surface area contributed by atoms with E-state index in [-0.39, 0.29) is 11.9 Å². The molecule has 1 N–H and O–H groups in total. The number of amides is 1. The molecule has 5 heteroatoms. The molecule has 0 fully saturated rings. The summed E-state index contributed by atoms with van der Waals surface area (Å²) in [5, 5.41) is 3.65. The van der Waals surface area contributed by atoms with Gasteiger partial charge in [-0.2, -0.15) is 0 Å². The Morgan fingerprint density at radius 2 is 2.10 bits per heavy atom. The van der Waals surface area contributed by atoms with E-state index in [1.807, 2.05) is 13.0 Å². The van der Waals surface area contributed by atoms with Gasteiger partial charge in [-0.3, -0.25) is 4.79 Å². The number of halogens is 1.